The Morgan fingerprint density at radius 2 is 1.95 bits per heavy atom. The van der Waals surface area contributed by atoms with E-state index in [9.17, 15) is 4.79 Å². The molecule has 4 heterocycles. The smallest absolute Gasteiger partial charge is 0.365 e. The quantitative estimate of drug-likeness (QED) is 0.292. The van der Waals surface area contributed by atoms with E-state index in [0.717, 1.165) is 35.4 Å². The van der Waals surface area contributed by atoms with Gasteiger partial charge in [0.05, 0.1) is 17.2 Å². The van der Waals surface area contributed by atoms with E-state index in [1.807, 2.05) is 5.51 Å². The van der Waals surface area contributed by atoms with Crippen LogP contribution in [0, 0.1) is 17.8 Å². The maximum absolute atomic E-state index is 11.7. The molecular weight excluding hydrogens is 502 g/mol. The second-order valence-electron chi connectivity index (χ2n) is 11.3. The van der Waals surface area contributed by atoms with E-state index in [1.165, 1.54) is 44.9 Å². The minimum atomic E-state index is -0.637. The van der Waals surface area contributed by atoms with Crippen LogP contribution in [0.1, 0.15) is 89.4 Å². The zero-order valence-corrected chi connectivity index (χ0v) is 23.1. The molecule has 11 nitrogen and oxygen atoms in total. The third kappa shape index (κ3) is 5.15. The minimum absolute atomic E-state index is 0.00915. The van der Waals surface area contributed by atoms with Gasteiger partial charge >= 0.3 is 6.09 Å². The number of imidazole rings is 1. The number of carbonyl (C=O) groups is 1. The molecule has 3 aromatic heterocycles. The van der Waals surface area contributed by atoms with Gasteiger partial charge in [0.1, 0.15) is 5.52 Å². The number of hydrogen-bond acceptors (Lipinski definition) is 10. The number of nitrogens with one attached hydrogen (secondary N) is 4. The van der Waals surface area contributed by atoms with Crippen LogP contribution in [0.25, 0.3) is 11.2 Å². The Hall–Kier alpha value is -2.99. The Morgan fingerprint density at radius 1 is 1.13 bits per heavy atom. The van der Waals surface area contributed by atoms with E-state index in [2.05, 4.69) is 57.1 Å². The van der Waals surface area contributed by atoms with E-state index in [1.54, 1.807) is 11.3 Å². The van der Waals surface area contributed by atoms with Crippen LogP contribution in [0.15, 0.2) is 10.9 Å². The van der Waals surface area contributed by atoms with Crippen molar-refractivity contribution in [1.29, 1.82) is 0 Å². The summed E-state index contributed by atoms with van der Waals surface area (Å²) in [7, 11) is 0. The first-order valence-corrected chi connectivity index (χ1v) is 14.8. The third-order valence-electron chi connectivity index (χ3n) is 8.45. The van der Waals surface area contributed by atoms with Crippen LogP contribution in [0.2, 0.25) is 0 Å². The summed E-state index contributed by atoms with van der Waals surface area (Å²) in [6.07, 6.45) is 7.46. The van der Waals surface area contributed by atoms with Crippen molar-refractivity contribution in [2.45, 2.75) is 90.5 Å². The second-order valence-corrected chi connectivity index (χ2v) is 12.0. The highest BCUT2D eigenvalue weighted by Gasteiger charge is 2.31. The van der Waals surface area contributed by atoms with Gasteiger partial charge in [-0.2, -0.15) is 4.98 Å². The molecule has 2 aliphatic carbocycles. The lowest BCUT2D eigenvalue weighted by Crippen LogP contribution is -2.32. The van der Waals surface area contributed by atoms with E-state index in [0.29, 0.717) is 23.3 Å². The van der Waals surface area contributed by atoms with Gasteiger partial charge in [0.15, 0.2) is 23.5 Å². The van der Waals surface area contributed by atoms with Crippen LogP contribution in [0.3, 0.4) is 0 Å². The van der Waals surface area contributed by atoms with E-state index < -0.39 is 12.3 Å². The number of carbonyl (C=O) groups excluding carboxylic acids is 1. The number of rotatable bonds is 9. The summed E-state index contributed by atoms with van der Waals surface area (Å²) in [4.78, 5) is 35.9. The van der Waals surface area contributed by atoms with Crippen molar-refractivity contribution < 1.29 is 9.63 Å². The van der Waals surface area contributed by atoms with E-state index in [4.69, 9.17) is 19.8 Å². The Bertz CT molecular complexity index is 1270. The highest BCUT2D eigenvalue weighted by atomic mass is 32.1. The standard InChI is InChI=1S/C26H37N9O2S/c1-14-7-9-17(10-8-14)11-35-20-21(28-15(2)18-5-4-6-18)30-23(24-33-26(36)37-34-24)31-22(20)32-25(35)29-16(3)19-12-38-13-27-19/h12-18,24,34H,4-11H2,1-3H3,(H,33,36)(H2,28,29,30,31,32)/t14?,15-,16?,17?,24?/m1/s1. The molecule has 3 aromatic rings. The fourth-order valence-electron chi connectivity index (χ4n) is 5.72. The minimum Gasteiger partial charge on any atom is -0.365 e. The predicted molar refractivity (Wildman–Crippen MR) is 147 cm³/mol. The fraction of sp³-hybridized carbons (Fsp3) is 0.654. The number of thiazole rings is 1. The maximum Gasteiger partial charge on any atom is 0.427 e. The van der Waals surface area contributed by atoms with Crippen LogP contribution in [-0.2, 0) is 11.4 Å². The van der Waals surface area contributed by atoms with Crippen molar-refractivity contribution in [2.75, 3.05) is 10.6 Å². The number of anilines is 2. The molecule has 4 N–H and O–H groups in total. The molecule has 0 radical (unpaired) electrons. The number of aromatic nitrogens is 5. The zero-order valence-electron chi connectivity index (χ0n) is 22.2. The highest BCUT2D eigenvalue weighted by Crippen LogP contribution is 2.36. The van der Waals surface area contributed by atoms with Crippen LogP contribution in [0.5, 0.6) is 0 Å². The molecule has 6 rings (SSSR count). The van der Waals surface area contributed by atoms with Crippen molar-refractivity contribution in [3.05, 3.63) is 22.4 Å². The number of hydrogen-bond donors (Lipinski definition) is 4. The van der Waals surface area contributed by atoms with Crippen molar-refractivity contribution >= 4 is 40.4 Å². The highest BCUT2D eigenvalue weighted by molar-refractivity contribution is 7.07. The zero-order chi connectivity index (χ0) is 26.2. The molecule has 2 saturated carbocycles. The van der Waals surface area contributed by atoms with Crippen molar-refractivity contribution in [3.63, 3.8) is 0 Å². The van der Waals surface area contributed by atoms with Gasteiger partial charge in [-0.15, -0.1) is 16.8 Å². The number of fused-ring (bicyclic) bond motifs is 1. The molecule has 204 valence electrons. The lowest BCUT2D eigenvalue weighted by Gasteiger charge is -2.32. The average Bonchev–Trinajstić information content (AvgIpc) is 3.60. The van der Waals surface area contributed by atoms with Gasteiger partial charge in [0.2, 0.25) is 5.95 Å². The van der Waals surface area contributed by atoms with Crippen molar-refractivity contribution in [1.82, 2.24) is 35.3 Å². The molecule has 38 heavy (non-hydrogen) atoms. The summed E-state index contributed by atoms with van der Waals surface area (Å²) in [5.74, 6) is 3.91. The predicted octanol–water partition coefficient (Wildman–Crippen LogP) is 5.13. The van der Waals surface area contributed by atoms with Crippen LogP contribution in [0.4, 0.5) is 16.6 Å². The van der Waals surface area contributed by atoms with E-state index >= 15 is 0 Å². The first kappa shape index (κ1) is 25.3. The van der Waals surface area contributed by atoms with E-state index in [-0.39, 0.29) is 12.1 Å². The fourth-order valence-corrected chi connectivity index (χ4v) is 6.37. The van der Waals surface area contributed by atoms with Crippen molar-refractivity contribution in [2.24, 2.45) is 17.8 Å². The molecule has 1 saturated heterocycles. The molecule has 1 aliphatic heterocycles. The first-order valence-electron chi connectivity index (χ1n) is 13.9. The Morgan fingerprint density at radius 3 is 2.61 bits per heavy atom. The molecule has 12 heteroatoms. The normalized spacial score (nSPS) is 25.4. The monoisotopic (exact) mass is 539 g/mol. The molecular formula is C26H37N9O2S. The Labute approximate surface area is 226 Å². The Kier molecular flexibility index (Phi) is 7.08. The second kappa shape index (κ2) is 10.6. The lowest BCUT2D eigenvalue weighted by atomic mass is 9.80. The third-order valence-corrected chi connectivity index (χ3v) is 9.05. The van der Waals surface area contributed by atoms with Crippen LogP contribution >= 0.6 is 11.3 Å². The van der Waals surface area contributed by atoms with Gasteiger partial charge in [-0.05, 0) is 57.3 Å². The topological polar surface area (TPSA) is 131 Å². The molecule has 3 aliphatic rings. The average molecular weight is 540 g/mol. The molecule has 0 spiro atoms. The Balaban J connectivity index is 1.42. The number of hydroxylamine groups is 1. The molecule has 1 amide bonds. The largest absolute Gasteiger partial charge is 0.427 e. The van der Waals surface area contributed by atoms with Gasteiger partial charge < -0.3 is 20.0 Å². The molecule has 0 aromatic carbocycles. The number of nitrogens with zero attached hydrogens (tertiary/aromatic N) is 5. The maximum atomic E-state index is 11.7. The summed E-state index contributed by atoms with van der Waals surface area (Å²) >= 11 is 1.59. The first-order chi connectivity index (χ1) is 18.4. The summed E-state index contributed by atoms with van der Waals surface area (Å²) in [5.41, 5.74) is 7.02. The molecule has 0 bridgehead atoms. The summed E-state index contributed by atoms with van der Waals surface area (Å²) in [6, 6.07) is 0.256. The van der Waals surface area contributed by atoms with Crippen molar-refractivity contribution in [3.8, 4) is 0 Å². The van der Waals surface area contributed by atoms with Gasteiger partial charge in [0, 0.05) is 18.0 Å². The summed E-state index contributed by atoms with van der Waals surface area (Å²) < 4.78 is 2.27. The molecule has 3 fully saturated rings. The van der Waals surface area contributed by atoms with Crippen LogP contribution < -0.4 is 21.4 Å². The van der Waals surface area contributed by atoms with Gasteiger partial charge in [-0.25, -0.2) is 19.7 Å². The number of amides is 1. The van der Waals surface area contributed by atoms with Gasteiger partial charge in [0.25, 0.3) is 0 Å². The summed E-state index contributed by atoms with van der Waals surface area (Å²) in [5, 5.41) is 12.1. The SMILES string of the molecule is CC1CCC(Cn2c(NC(C)c3cscn3)nc3nc(C4NOC(=O)N4)nc(N[C@H](C)C4CCC4)c32)CC1. The molecule has 3 atom stereocenters. The van der Waals surface area contributed by atoms with Gasteiger partial charge in [-0.1, -0.05) is 26.2 Å². The lowest BCUT2D eigenvalue weighted by molar-refractivity contribution is 0.120. The van der Waals surface area contributed by atoms with Gasteiger partial charge in [-0.3, -0.25) is 5.32 Å². The summed E-state index contributed by atoms with van der Waals surface area (Å²) in [6.45, 7) is 7.53. The molecule has 2 unspecified atom stereocenters. The van der Waals surface area contributed by atoms with Crippen LogP contribution in [-0.4, -0.2) is 36.6 Å².